The van der Waals surface area contributed by atoms with Crippen molar-refractivity contribution >= 4 is 87.0 Å². The number of carboxylic acid groups (broad SMARTS) is 2. The highest BCUT2D eigenvalue weighted by Crippen LogP contribution is 2.64. The van der Waals surface area contributed by atoms with Gasteiger partial charge in [-0.25, -0.2) is 14.4 Å². The van der Waals surface area contributed by atoms with Crippen molar-refractivity contribution in [2.45, 2.75) is 70.8 Å². The maximum absolute atomic E-state index is 12.3. The van der Waals surface area contributed by atoms with Gasteiger partial charge in [0.05, 0.1) is 10.0 Å². The lowest BCUT2D eigenvalue weighted by molar-refractivity contribution is -0.175. The molecule has 6 aliphatic rings. The Morgan fingerprint density at radius 3 is 1.62 bits per heavy atom. The van der Waals surface area contributed by atoms with Crippen molar-refractivity contribution in [1.29, 1.82) is 0 Å². The number of halogens is 4. The van der Waals surface area contributed by atoms with Crippen molar-refractivity contribution in [2.75, 3.05) is 13.2 Å². The SMILES string of the molecule is CC(C)(OC(=O)COc1cc2c(c(Cl)c1Cl)C1=CC(=O)C3CCC1(C2)C3)C(=O)O.O=C(O)COc1cc2c(c(Cl)c1Cl)C1=CC(=O)C3CCC1(C2)C3. The Morgan fingerprint density at radius 2 is 1.19 bits per heavy atom. The minimum Gasteiger partial charge on any atom is -0.480 e. The maximum Gasteiger partial charge on any atom is 0.347 e. The summed E-state index contributed by atoms with van der Waals surface area (Å²) in [5.41, 5.74) is 3.79. The first-order valence-corrected chi connectivity index (χ1v) is 18.4. The Hall–Kier alpha value is -3.57. The first kappa shape index (κ1) is 36.8. The van der Waals surface area contributed by atoms with Gasteiger partial charge in [0.2, 0.25) is 5.60 Å². The van der Waals surface area contributed by atoms with Gasteiger partial charge in [0.1, 0.15) is 21.5 Å². The van der Waals surface area contributed by atoms with Gasteiger partial charge in [0.15, 0.2) is 24.8 Å². The number of esters is 1. The fraction of sp³-hybridized carbons (Fsp3) is 0.447. The average Bonchev–Trinajstić information content (AvgIpc) is 3.82. The molecular formula is C38H34Cl4O10. The molecule has 2 N–H and O–H groups in total. The fourth-order valence-corrected chi connectivity index (χ4v) is 10.0. The predicted octanol–water partition coefficient (Wildman–Crippen LogP) is 7.85. The van der Waals surface area contributed by atoms with E-state index in [1.807, 2.05) is 0 Å². The van der Waals surface area contributed by atoms with Gasteiger partial charge in [-0.1, -0.05) is 46.4 Å². The molecule has 52 heavy (non-hydrogen) atoms. The number of ether oxygens (including phenoxy) is 3. The van der Waals surface area contributed by atoms with E-state index >= 15 is 0 Å². The Balaban J connectivity index is 0.000000166. The largest absolute Gasteiger partial charge is 0.480 e. The Morgan fingerprint density at radius 1 is 0.750 bits per heavy atom. The van der Waals surface area contributed by atoms with Gasteiger partial charge in [0, 0.05) is 33.8 Å². The van der Waals surface area contributed by atoms with E-state index in [1.165, 1.54) is 13.8 Å². The molecule has 2 spiro atoms. The topological polar surface area (TPSA) is 154 Å². The van der Waals surface area contributed by atoms with E-state index in [1.54, 1.807) is 24.3 Å². The van der Waals surface area contributed by atoms with Crippen molar-refractivity contribution in [3.8, 4) is 11.5 Å². The third-order valence-electron chi connectivity index (χ3n) is 11.4. The average molecular weight is 792 g/mol. The van der Waals surface area contributed by atoms with E-state index < -0.39 is 36.7 Å². The van der Waals surface area contributed by atoms with Crippen LogP contribution in [-0.4, -0.2) is 58.5 Å². The number of ketones is 2. The van der Waals surface area contributed by atoms with Crippen molar-refractivity contribution in [1.82, 2.24) is 0 Å². The quantitative estimate of drug-likeness (QED) is 0.253. The fourth-order valence-electron chi connectivity index (χ4n) is 8.98. The third-order valence-corrected chi connectivity index (χ3v) is 13.1. The lowest BCUT2D eigenvalue weighted by Crippen LogP contribution is -2.38. The minimum atomic E-state index is -1.66. The number of hydrogen-bond acceptors (Lipinski definition) is 8. The van der Waals surface area contributed by atoms with Crippen LogP contribution in [0.1, 0.15) is 74.6 Å². The van der Waals surface area contributed by atoms with Crippen LogP contribution >= 0.6 is 46.4 Å². The maximum atomic E-state index is 12.3. The number of allylic oxidation sites excluding steroid dienone is 4. The second-order valence-electron chi connectivity index (χ2n) is 15.0. The molecule has 4 atom stereocenters. The molecule has 0 amide bonds. The molecule has 2 aromatic rings. The van der Waals surface area contributed by atoms with Gasteiger partial charge in [-0.2, -0.15) is 0 Å². The number of fused-ring (bicyclic) bond motifs is 6. The number of rotatable bonds is 8. The van der Waals surface area contributed by atoms with E-state index in [0.717, 1.165) is 84.8 Å². The molecule has 6 aliphatic carbocycles. The van der Waals surface area contributed by atoms with Crippen molar-refractivity contribution in [3.63, 3.8) is 0 Å². The predicted molar refractivity (Wildman–Crippen MR) is 192 cm³/mol. The number of carbonyl (C=O) groups excluding carboxylic acids is 3. The molecule has 4 bridgehead atoms. The number of carbonyl (C=O) groups is 5. The highest BCUT2D eigenvalue weighted by Gasteiger charge is 2.54. The van der Waals surface area contributed by atoms with Gasteiger partial charge in [-0.15, -0.1) is 0 Å². The minimum absolute atomic E-state index is 0.0146. The molecule has 274 valence electrons. The van der Waals surface area contributed by atoms with E-state index in [0.29, 0.717) is 10.0 Å². The molecule has 0 saturated heterocycles. The zero-order chi connectivity index (χ0) is 37.5. The van der Waals surface area contributed by atoms with E-state index in [9.17, 15) is 24.0 Å². The van der Waals surface area contributed by atoms with Crippen LogP contribution in [0.2, 0.25) is 20.1 Å². The molecule has 10 nitrogen and oxygen atoms in total. The zero-order valence-corrected chi connectivity index (χ0v) is 31.2. The van der Waals surface area contributed by atoms with Gasteiger partial charge in [-0.3, -0.25) is 9.59 Å². The molecule has 2 aromatic carbocycles. The molecule has 2 fully saturated rings. The van der Waals surface area contributed by atoms with Crippen LogP contribution < -0.4 is 9.47 Å². The van der Waals surface area contributed by atoms with Crippen LogP contribution in [0.25, 0.3) is 11.1 Å². The van der Waals surface area contributed by atoms with E-state index in [4.69, 9.17) is 70.8 Å². The lowest BCUT2D eigenvalue weighted by Gasteiger charge is -2.29. The van der Waals surface area contributed by atoms with Crippen LogP contribution in [0.15, 0.2) is 24.3 Å². The summed E-state index contributed by atoms with van der Waals surface area (Å²) in [4.78, 5) is 58.3. The van der Waals surface area contributed by atoms with Crippen LogP contribution in [0.3, 0.4) is 0 Å². The first-order chi connectivity index (χ1) is 24.4. The van der Waals surface area contributed by atoms with Crippen LogP contribution in [0.5, 0.6) is 11.5 Å². The molecule has 14 heteroatoms. The summed E-state index contributed by atoms with van der Waals surface area (Å²) in [6.07, 6.45) is 10.4. The molecule has 0 heterocycles. The van der Waals surface area contributed by atoms with Crippen LogP contribution in [0, 0.1) is 22.7 Å². The van der Waals surface area contributed by atoms with Gasteiger partial charge < -0.3 is 24.4 Å². The molecule has 0 aromatic heterocycles. The summed E-state index contributed by atoms with van der Waals surface area (Å²) < 4.78 is 15.7. The Bertz CT molecular complexity index is 2050. The highest BCUT2D eigenvalue weighted by molar-refractivity contribution is 6.45. The van der Waals surface area contributed by atoms with Gasteiger partial charge in [-0.05, 0) is 112 Å². The third kappa shape index (κ3) is 6.09. The Kier molecular flexibility index (Phi) is 9.25. The lowest BCUT2D eigenvalue weighted by atomic mass is 9.74. The number of benzene rings is 2. The van der Waals surface area contributed by atoms with Crippen molar-refractivity contribution < 1.29 is 48.4 Å². The molecular weight excluding hydrogens is 758 g/mol. The highest BCUT2D eigenvalue weighted by atomic mass is 35.5. The van der Waals surface area contributed by atoms with E-state index in [-0.39, 0.29) is 55.8 Å². The molecule has 8 rings (SSSR count). The summed E-state index contributed by atoms with van der Waals surface area (Å²) in [5, 5.41) is 18.8. The van der Waals surface area contributed by atoms with Gasteiger partial charge in [0.25, 0.3) is 0 Å². The smallest absolute Gasteiger partial charge is 0.347 e. The molecule has 2 saturated carbocycles. The first-order valence-electron chi connectivity index (χ1n) is 16.9. The summed E-state index contributed by atoms with van der Waals surface area (Å²) in [7, 11) is 0. The van der Waals surface area contributed by atoms with Crippen LogP contribution in [-0.2, 0) is 41.6 Å². The summed E-state index contributed by atoms with van der Waals surface area (Å²) in [6.45, 7) is 1.58. The van der Waals surface area contributed by atoms with Crippen molar-refractivity contribution in [2.24, 2.45) is 22.7 Å². The van der Waals surface area contributed by atoms with E-state index in [2.05, 4.69) is 0 Å². The summed E-state index contributed by atoms with van der Waals surface area (Å²) >= 11 is 25.7. The monoisotopic (exact) mass is 790 g/mol. The summed E-state index contributed by atoms with van der Waals surface area (Å²) in [6, 6.07) is 3.53. The normalized spacial score (nSPS) is 25.9. The standard InChI is InChI=1S/C21H20Cl2O6.C17H14Cl2O4/c1-20(2,19(26)27)29-15(25)9-28-14-5-11-8-21-4-3-10(7-21)13(24)6-12(21)16(11)18(23)17(14)22;18-15-12(23-7-13(21)22)3-9-6-17-2-1-8(5-17)11(20)4-10(17)14(9)16(15)19/h5-6,10H,3-4,7-9H2,1-2H3,(H,26,27);3-4,8H,1-2,5-7H2,(H,21,22). The second kappa shape index (κ2) is 13.1. The van der Waals surface area contributed by atoms with Crippen molar-refractivity contribution in [3.05, 3.63) is 66.6 Å². The number of hydrogen-bond donors (Lipinski definition) is 2. The van der Waals surface area contributed by atoms with Gasteiger partial charge >= 0.3 is 17.9 Å². The zero-order valence-electron chi connectivity index (χ0n) is 28.2. The van der Waals surface area contributed by atoms with Crippen LogP contribution in [0.4, 0.5) is 0 Å². The number of carboxylic acids is 2. The second-order valence-corrected chi connectivity index (χ2v) is 16.6. The number of aliphatic carboxylic acids is 2. The summed E-state index contributed by atoms with van der Waals surface area (Å²) in [5.74, 6) is -2.09. The molecule has 0 aliphatic heterocycles. The molecule has 4 unspecified atom stereocenters. The molecule has 0 radical (unpaired) electrons. The Labute approximate surface area is 319 Å².